The van der Waals surface area contributed by atoms with Gasteiger partial charge in [0.1, 0.15) is 0 Å². The minimum atomic E-state index is -3.26. The number of piperidine rings is 1. The van der Waals surface area contributed by atoms with Crippen LogP contribution in [0.25, 0.3) is 0 Å². The molecule has 1 aromatic rings. The van der Waals surface area contributed by atoms with E-state index in [-0.39, 0.29) is 18.2 Å². The molecule has 0 radical (unpaired) electrons. The van der Waals surface area contributed by atoms with Crippen LogP contribution in [0, 0.1) is 0 Å². The Morgan fingerprint density at radius 1 is 1.14 bits per heavy atom. The lowest BCUT2D eigenvalue weighted by atomic mass is 10.2. The van der Waals surface area contributed by atoms with Gasteiger partial charge in [-0.3, -0.25) is 4.79 Å². The first kappa shape index (κ1) is 16.5. The number of carbonyl (C=O) groups is 1. The van der Waals surface area contributed by atoms with Gasteiger partial charge in [0.25, 0.3) is 5.91 Å². The predicted octanol–water partition coefficient (Wildman–Crippen LogP) is 1.99. The first-order chi connectivity index (χ1) is 9.99. The highest BCUT2D eigenvalue weighted by Crippen LogP contribution is 2.13. The van der Waals surface area contributed by atoms with E-state index in [1.807, 2.05) is 0 Å². The molecule has 1 fully saturated rings. The van der Waals surface area contributed by atoms with Gasteiger partial charge in [0, 0.05) is 29.7 Å². The maximum atomic E-state index is 12.1. The number of nitrogens with one attached hydrogen (secondary N) is 1. The van der Waals surface area contributed by atoms with Gasteiger partial charge in [0.15, 0.2) is 0 Å². The summed E-state index contributed by atoms with van der Waals surface area (Å²) >= 11 is 3.30. The Bertz CT molecular complexity index is 581. The van der Waals surface area contributed by atoms with Crippen molar-refractivity contribution in [3.8, 4) is 0 Å². The minimum absolute atomic E-state index is 0.0464. The van der Waals surface area contributed by atoms with Crippen LogP contribution in [0.5, 0.6) is 0 Å². The van der Waals surface area contributed by atoms with E-state index < -0.39 is 10.0 Å². The van der Waals surface area contributed by atoms with Crippen LogP contribution in [0.3, 0.4) is 0 Å². The molecule has 116 valence electrons. The van der Waals surface area contributed by atoms with Crippen LogP contribution in [0.2, 0.25) is 0 Å². The zero-order valence-corrected chi connectivity index (χ0v) is 14.1. The monoisotopic (exact) mass is 374 g/mol. The van der Waals surface area contributed by atoms with Gasteiger partial charge in [0.05, 0.1) is 5.75 Å². The highest BCUT2D eigenvalue weighted by Gasteiger charge is 2.23. The molecule has 1 N–H and O–H groups in total. The molecule has 0 bridgehead atoms. The summed E-state index contributed by atoms with van der Waals surface area (Å²) in [7, 11) is -3.26. The van der Waals surface area contributed by atoms with E-state index >= 15 is 0 Å². The van der Waals surface area contributed by atoms with Crippen molar-refractivity contribution in [3.05, 3.63) is 34.3 Å². The Kier molecular flexibility index (Phi) is 5.78. The van der Waals surface area contributed by atoms with Gasteiger partial charge in [0.2, 0.25) is 10.0 Å². The summed E-state index contributed by atoms with van der Waals surface area (Å²) in [6.07, 6.45) is 2.93. The molecule has 1 heterocycles. The highest BCUT2D eigenvalue weighted by atomic mass is 79.9. The first-order valence-electron chi connectivity index (χ1n) is 7.01. The number of amides is 1. The first-order valence-corrected chi connectivity index (χ1v) is 9.41. The fraction of sp³-hybridized carbons (Fsp3) is 0.500. The second-order valence-corrected chi connectivity index (χ2v) is 8.04. The zero-order chi connectivity index (χ0) is 15.3. The molecule has 1 aliphatic rings. The van der Waals surface area contributed by atoms with Crippen molar-refractivity contribution in [2.45, 2.75) is 19.3 Å². The summed E-state index contributed by atoms with van der Waals surface area (Å²) in [5.74, 6) is -0.300. The second-order valence-electron chi connectivity index (χ2n) is 5.04. The Morgan fingerprint density at radius 2 is 1.76 bits per heavy atom. The molecule has 0 aliphatic carbocycles. The van der Waals surface area contributed by atoms with E-state index in [1.54, 1.807) is 24.3 Å². The van der Waals surface area contributed by atoms with Crippen LogP contribution in [0.4, 0.5) is 0 Å². The van der Waals surface area contributed by atoms with Crippen molar-refractivity contribution in [1.29, 1.82) is 0 Å². The molecule has 0 saturated carbocycles. The van der Waals surface area contributed by atoms with E-state index in [4.69, 9.17) is 0 Å². The van der Waals surface area contributed by atoms with Gasteiger partial charge in [-0.1, -0.05) is 22.4 Å². The fourth-order valence-electron chi connectivity index (χ4n) is 2.27. The topological polar surface area (TPSA) is 66.5 Å². The molecule has 0 unspecified atom stereocenters. The van der Waals surface area contributed by atoms with Crippen molar-refractivity contribution in [2.75, 3.05) is 25.4 Å². The molecular weight excluding hydrogens is 356 g/mol. The van der Waals surface area contributed by atoms with Crippen LogP contribution in [-0.4, -0.2) is 44.0 Å². The molecule has 7 heteroatoms. The van der Waals surface area contributed by atoms with Gasteiger partial charge in [-0.2, -0.15) is 0 Å². The number of halogens is 1. The molecule has 5 nitrogen and oxygen atoms in total. The molecule has 1 amide bonds. The Hall–Kier alpha value is -0.920. The number of rotatable bonds is 5. The molecule has 1 saturated heterocycles. The predicted molar refractivity (Wildman–Crippen MR) is 85.7 cm³/mol. The third kappa shape index (κ3) is 4.79. The molecule has 0 aromatic heterocycles. The molecule has 0 spiro atoms. The van der Waals surface area contributed by atoms with Gasteiger partial charge in [-0.15, -0.1) is 0 Å². The molecule has 21 heavy (non-hydrogen) atoms. The number of hydrogen-bond acceptors (Lipinski definition) is 3. The maximum absolute atomic E-state index is 12.1. The lowest BCUT2D eigenvalue weighted by Gasteiger charge is -2.25. The third-order valence-corrected chi connectivity index (χ3v) is 5.86. The number of carbonyl (C=O) groups excluding carboxylic acids is 1. The fourth-order valence-corrected chi connectivity index (χ4v) is 3.97. The van der Waals surface area contributed by atoms with Gasteiger partial charge < -0.3 is 5.32 Å². The van der Waals surface area contributed by atoms with Crippen LogP contribution < -0.4 is 5.32 Å². The van der Waals surface area contributed by atoms with E-state index in [1.165, 1.54) is 4.31 Å². The number of benzene rings is 1. The lowest BCUT2D eigenvalue weighted by Crippen LogP contribution is -2.40. The minimum Gasteiger partial charge on any atom is -0.351 e. The maximum Gasteiger partial charge on any atom is 0.251 e. The molecule has 1 aliphatic heterocycles. The van der Waals surface area contributed by atoms with Crippen molar-refractivity contribution in [1.82, 2.24) is 9.62 Å². The SMILES string of the molecule is O=C(NCCS(=O)(=O)N1CCCCC1)c1ccc(Br)cc1. The van der Waals surface area contributed by atoms with Crippen molar-refractivity contribution < 1.29 is 13.2 Å². The van der Waals surface area contributed by atoms with Crippen LogP contribution in [-0.2, 0) is 10.0 Å². The Balaban J connectivity index is 1.83. The summed E-state index contributed by atoms with van der Waals surface area (Å²) < 4.78 is 26.7. The van der Waals surface area contributed by atoms with Crippen molar-refractivity contribution in [2.24, 2.45) is 0 Å². The molecule has 0 atom stereocenters. The van der Waals surface area contributed by atoms with Crippen molar-refractivity contribution in [3.63, 3.8) is 0 Å². The van der Waals surface area contributed by atoms with Gasteiger partial charge in [-0.05, 0) is 37.1 Å². The lowest BCUT2D eigenvalue weighted by molar-refractivity contribution is 0.0956. The molecular formula is C14H19BrN2O3S. The van der Waals surface area contributed by atoms with Crippen molar-refractivity contribution >= 4 is 31.9 Å². The average molecular weight is 375 g/mol. The van der Waals surface area contributed by atoms with Crippen LogP contribution >= 0.6 is 15.9 Å². The summed E-state index contributed by atoms with van der Waals surface area (Å²) in [4.78, 5) is 11.9. The summed E-state index contributed by atoms with van der Waals surface area (Å²) in [5.41, 5.74) is 0.522. The summed E-state index contributed by atoms with van der Waals surface area (Å²) in [5, 5.41) is 2.65. The Labute approximate surface area is 133 Å². The largest absolute Gasteiger partial charge is 0.351 e. The number of sulfonamides is 1. The highest BCUT2D eigenvalue weighted by molar-refractivity contribution is 9.10. The molecule has 2 rings (SSSR count). The smallest absolute Gasteiger partial charge is 0.251 e. The summed E-state index contributed by atoms with van der Waals surface area (Å²) in [6.45, 7) is 1.33. The standard InChI is InChI=1S/C14H19BrN2O3S/c15-13-6-4-12(5-7-13)14(18)16-8-11-21(19,20)17-9-2-1-3-10-17/h4-7H,1-3,8-11H2,(H,16,18). The van der Waals surface area contributed by atoms with E-state index in [2.05, 4.69) is 21.2 Å². The summed E-state index contributed by atoms with van der Waals surface area (Å²) in [6, 6.07) is 6.94. The average Bonchev–Trinajstić information content (AvgIpc) is 2.48. The van der Waals surface area contributed by atoms with Gasteiger partial charge >= 0.3 is 0 Å². The van der Waals surface area contributed by atoms with Crippen LogP contribution in [0.15, 0.2) is 28.7 Å². The van der Waals surface area contributed by atoms with Crippen LogP contribution in [0.1, 0.15) is 29.6 Å². The number of nitrogens with zero attached hydrogens (tertiary/aromatic N) is 1. The van der Waals surface area contributed by atoms with E-state index in [0.29, 0.717) is 18.7 Å². The number of hydrogen-bond donors (Lipinski definition) is 1. The van der Waals surface area contributed by atoms with E-state index in [0.717, 1.165) is 23.7 Å². The Morgan fingerprint density at radius 3 is 2.38 bits per heavy atom. The quantitative estimate of drug-likeness (QED) is 0.856. The third-order valence-electron chi connectivity index (χ3n) is 3.46. The zero-order valence-electron chi connectivity index (χ0n) is 11.7. The second kappa shape index (κ2) is 7.38. The van der Waals surface area contributed by atoms with E-state index in [9.17, 15) is 13.2 Å². The normalized spacial score (nSPS) is 16.6. The van der Waals surface area contributed by atoms with Gasteiger partial charge in [-0.25, -0.2) is 12.7 Å². The molecule has 1 aromatic carbocycles.